The van der Waals surface area contributed by atoms with Crippen LogP contribution in [0.4, 0.5) is 4.79 Å². The monoisotopic (exact) mass is 447 g/mol. The number of carbonyl (C=O) groups excluding carboxylic acids is 3. The molecule has 32 heavy (non-hydrogen) atoms. The third-order valence-electron chi connectivity index (χ3n) is 5.24. The van der Waals surface area contributed by atoms with Gasteiger partial charge in [0.05, 0.1) is 6.61 Å². The zero-order valence-corrected chi connectivity index (χ0v) is 19.7. The lowest BCUT2D eigenvalue weighted by Crippen LogP contribution is -2.46. The summed E-state index contributed by atoms with van der Waals surface area (Å²) in [6, 6.07) is 7.83. The standard InChI is InChI=1S/C24H37N3O5/c1-18-8-5-6-9-20(18)31-15-7-10-21(28)25-16-19-11-13-27(14-12-19)22(29)17-26-23(30)32-24(2,3)4/h5-6,8-9,19H,7,10-17H2,1-4H3,(H,25,28)(H,26,30). The van der Waals surface area contributed by atoms with Crippen LogP contribution in [0.3, 0.4) is 0 Å². The molecule has 1 aliphatic rings. The van der Waals surface area contributed by atoms with E-state index in [1.54, 1.807) is 25.7 Å². The number of rotatable bonds is 9. The minimum absolute atomic E-state index is 0.0263. The molecule has 1 saturated heterocycles. The maximum atomic E-state index is 12.3. The van der Waals surface area contributed by atoms with Crippen LogP contribution >= 0.6 is 0 Å². The van der Waals surface area contributed by atoms with Crippen molar-refractivity contribution in [1.29, 1.82) is 0 Å². The molecule has 1 heterocycles. The SMILES string of the molecule is Cc1ccccc1OCCCC(=O)NCC1CCN(C(=O)CNC(=O)OC(C)(C)C)CC1. The summed E-state index contributed by atoms with van der Waals surface area (Å²) in [5, 5.41) is 5.50. The number of alkyl carbamates (subject to hydrolysis) is 1. The van der Waals surface area contributed by atoms with Crippen molar-refractivity contribution in [3.8, 4) is 5.75 Å². The molecule has 1 aromatic rings. The number of nitrogens with one attached hydrogen (secondary N) is 2. The minimum atomic E-state index is -0.593. The largest absolute Gasteiger partial charge is 0.493 e. The van der Waals surface area contributed by atoms with Gasteiger partial charge in [0.15, 0.2) is 0 Å². The molecule has 178 valence electrons. The lowest BCUT2D eigenvalue weighted by molar-refractivity contribution is -0.131. The number of amides is 3. The molecule has 1 fully saturated rings. The van der Waals surface area contributed by atoms with Crippen LogP contribution in [-0.4, -0.2) is 61.2 Å². The van der Waals surface area contributed by atoms with Gasteiger partial charge in [0.1, 0.15) is 17.9 Å². The number of para-hydroxylation sites is 1. The molecule has 8 heteroatoms. The summed E-state index contributed by atoms with van der Waals surface area (Å²) in [4.78, 5) is 37.8. The molecule has 0 radical (unpaired) electrons. The van der Waals surface area contributed by atoms with E-state index in [4.69, 9.17) is 9.47 Å². The quantitative estimate of drug-likeness (QED) is 0.567. The van der Waals surface area contributed by atoms with Crippen molar-refractivity contribution >= 4 is 17.9 Å². The van der Waals surface area contributed by atoms with E-state index < -0.39 is 11.7 Å². The van der Waals surface area contributed by atoms with Crippen LogP contribution in [0, 0.1) is 12.8 Å². The molecule has 0 atom stereocenters. The van der Waals surface area contributed by atoms with E-state index in [1.165, 1.54) is 0 Å². The molecule has 2 rings (SSSR count). The Balaban J connectivity index is 1.55. The van der Waals surface area contributed by atoms with Crippen molar-refractivity contribution < 1.29 is 23.9 Å². The molecule has 2 N–H and O–H groups in total. The Kier molecular flexibility index (Phi) is 9.81. The highest BCUT2D eigenvalue weighted by atomic mass is 16.6. The molecule has 0 unspecified atom stereocenters. The van der Waals surface area contributed by atoms with Crippen LogP contribution in [0.25, 0.3) is 0 Å². The minimum Gasteiger partial charge on any atom is -0.493 e. The van der Waals surface area contributed by atoms with Gasteiger partial charge in [0, 0.05) is 26.1 Å². The third-order valence-corrected chi connectivity index (χ3v) is 5.24. The van der Waals surface area contributed by atoms with Crippen LogP contribution in [0.1, 0.15) is 52.0 Å². The third kappa shape index (κ3) is 9.58. The summed E-state index contributed by atoms with van der Waals surface area (Å²) in [7, 11) is 0. The van der Waals surface area contributed by atoms with Crippen LogP contribution < -0.4 is 15.4 Å². The Morgan fingerprint density at radius 3 is 2.44 bits per heavy atom. The van der Waals surface area contributed by atoms with Gasteiger partial charge in [-0.25, -0.2) is 4.79 Å². The van der Waals surface area contributed by atoms with Crippen molar-refractivity contribution in [2.45, 2.75) is 59.0 Å². The molecule has 0 aliphatic carbocycles. The van der Waals surface area contributed by atoms with Gasteiger partial charge >= 0.3 is 6.09 Å². The van der Waals surface area contributed by atoms with Gasteiger partial charge < -0.3 is 25.0 Å². The summed E-state index contributed by atoms with van der Waals surface area (Å²) in [6.07, 6.45) is 2.16. The highest BCUT2D eigenvalue weighted by Gasteiger charge is 2.24. The van der Waals surface area contributed by atoms with Gasteiger partial charge in [-0.1, -0.05) is 18.2 Å². The molecule has 3 amide bonds. The highest BCUT2D eigenvalue weighted by molar-refractivity contribution is 5.82. The van der Waals surface area contributed by atoms with E-state index in [-0.39, 0.29) is 18.4 Å². The predicted molar refractivity (Wildman–Crippen MR) is 122 cm³/mol. The summed E-state index contributed by atoms with van der Waals surface area (Å²) < 4.78 is 10.9. The van der Waals surface area contributed by atoms with E-state index in [1.807, 2.05) is 31.2 Å². The maximum absolute atomic E-state index is 12.3. The average molecular weight is 448 g/mol. The predicted octanol–water partition coefficient (Wildman–Crippen LogP) is 3.03. The fraction of sp³-hybridized carbons (Fsp3) is 0.625. The van der Waals surface area contributed by atoms with E-state index in [9.17, 15) is 14.4 Å². The van der Waals surface area contributed by atoms with Crippen molar-refractivity contribution in [2.24, 2.45) is 5.92 Å². The Hall–Kier alpha value is -2.77. The summed E-state index contributed by atoms with van der Waals surface area (Å²) >= 11 is 0. The number of hydrogen-bond donors (Lipinski definition) is 2. The van der Waals surface area contributed by atoms with Gasteiger partial charge in [0.25, 0.3) is 0 Å². The topological polar surface area (TPSA) is 97.0 Å². The van der Waals surface area contributed by atoms with Crippen molar-refractivity contribution in [2.75, 3.05) is 32.8 Å². The first-order valence-electron chi connectivity index (χ1n) is 11.3. The van der Waals surface area contributed by atoms with E-state index in [2.05, 4.69) is 10.6 Å². The molecule has 0 aromatic heterocycles. The van der Waals surface area contributed by atoms with Gasteiger partial charge in [-0.2, -0.15) is 0 Å². The smallest absolute Gasteiger partial charge is 0.408 e. The number of ether oxygens (including phenoxy) is 2. The number of carbonyl (C=O) groups is 3. The first-order chi connectivity index (χ1) is 15.1. The van der Waals surface area contributed by atoms with Crippen LogP contribution in [0.15, 0.2) is 24.3 Å². The Labute approximate surface area is 191 Å². The Bertz CT molecular complexity index is 767. The zero-order valence-electron chi connectivity index (χ0n) is 19.7. The molecule has 1 aromatic carbocycles. The molecular weight excluding hydrogens is 410 g/mol. The van der Waals surface area contributed by atoms with Gasteiger partial charge in [-0.15, -0.1) is 0 Å². The number of hydrogen-bond acceptors (Lipinski definition) is 5. The molecule has 0 bridgehead atoms. The molecule has 8 nitrogen and oxygen atoms in total. The first-order valence-corrected chi connectivity index (χ1v) is 11.3. The Morgan fingerprint density at radius 1 is 1.09 bits per heavy atom. The lowest BCUT2D eigenvalue weighted by atomic mass is 9.96. The maximum Gasteiger partial charge on any atom is 0.408 e. The van der Waals surface area contributed by atoms with E-state index in [0.717, 1.165) is 24.2 Å². The van der Waals surface area contributed by atoms with Crippen LogP contribution in [0.5, 0.6) is 5.75 Å². The second-order valence-electron chi connectivity index (χ2n) is 9.20. The molecule has 1 aliphatic heterocycles. The van der Waals surface area contributed by atoms with Crippen molar-refractivity contribution in [3.05, 3.63) is 29.8 Å². The summed E-state index contributed by atoms with van der Waals surface area (Å²) in [5.74, 6) is 1.12. The highest BCUT2D eigenvalue weighted by Crippen LogP contribution is 2.17. The summed E-state index contributed by atoms with van der Waals surface area (Å²) in [6.45, 7) is 9.64. The van der Waals surface area contributed by atoms with Gasteiger partial charge in [-0.3, -0.25) is 9.59 Å². The number of nitrogens with zero attached hydrogens (tertiary/aromatic N) is 1. The Morgan fingerprint density at radius 2 is 1.78 bits per heavy atom. The fourth-order valence-corrected chi connectivity index (χ4v) is 3.44. The first kappa shape index (κ1) is 25.5. The van der Waals surface area contributed by atoms with Crippen molar-refractivity contribution in [1.82, 2.24) is 15.5 Å². The number of likely N-dealkylation sites (tertiary alicyclic amines) is 1. The second kappa shape index (κ2) is 12.3. The van der Waals surface area contributed by atoms with Crippen molar-refractivity contribution in [3.63, 3.8) is 0 Å². The summed E-state index contributed by atoms with van der Waals surface area (Å²) in [5.41, 5.74) is 0.492. The van der Waals surface area contributed by atoms with Gasteiger partial charge in [0.2, 0.25) is 11.8 Å². The normalized spacial score (nSPS) is 14.6. The lowest BCUT2D eigenvalue weighted by Gasteiger charge is -2.32. The number of benzene rings is 1. The fourth-order valence-electron chi connectivity index (χ4n) is 3.44. The molecule has 0 spiro atoms. The average Bonchev–Trinajstić information content (AvgIpc) is 2.74. The van der Waals surface area contributed by atoms with Crippen LogP contribution in [-0.2, 0) is 14.3 Å². The molecule has 0 saturated carbocycles. The number of piperidine rings is 1. The van der Waals surface area contributed by atoms with Crippen LogP contribution in [0.2, 0.25) is 0 Å². The molecular formula is C24H37N3O5. The van der Waals surface area contributed by atoms with Gasteiger partial charge in [-0.05, 0) is 64.5 Å². The van der Waals surface area contributed by atoms with E-state index in [0.29, 0.717) is 45.0 Å². The van der Waals surface area contributed by atoms with E-state index >= 15 is 0 Å². The zero-order chi connectivity index (χ0) is 23.6. The number of aryl methyl sites for hydroxylation is 1. The second-order valence-corrected chi connectivity index (χ2v) is 9.20.